The van der Waals surface area contributed by atoms with Crippen molar-refractivity contribution in [3.05, 3.63) is 27.3 Å². The number of carbonyl (C=O) groups excluding carboxylic acids is 1. The summed E-state index contributed by atoms with van der Waals surface area (Å²) in [7, 11) is 1.46. The first-order chi connectivity index (χ1) is 9.49. The molecule has 1 aromatic carbocycles. The molecule has 0 saturated heterocycles. The second-order valence-corrected chi connectivity index (χ2v) is 5.65. The lowest BCUT2D eigenvalue weighted by atomic mass is 10.0. The Balaban J connectivity index is 2.68. The fourth-order valence-corrected chi connectivity index (χ4v) is 2.31. The zero-order valence-corrected chi connectivity index (χ0v) is 14.0. The number of methoxy groups -OCH3 is 1. The number of aliphatic hydroxyl groups excluding tert-OH is 1. The minimum Gasteiger partial charge on any atom is -0.508 e. The summed E-state index contributed by atoms with van der Waals surface area (Å²) in [5.41, 5.74) is 0.393. The molecule has 0 spiro atoms. The Morgan fingerprint density at radius 1 is 1.50 bits per heavy atom. The van der Waals surface area contributed by atoms with Gasteiger partial charge >= 0.3 is 5.97 Å². The van der Waals surface area contributed by atoms with E-state index in [2.05, 4.69) is 35.2 Å². The molecule has 0 saturated carbocycles. The molecule has 0 radical (unpaired) electrons. The van der Waals surface area contributed by atoms with Crippen LogP contribution in [0.1, 0.15) is 18.1 Å². The Morgan fingerprint density at radius 2 is 2.20 bits per heavy atom. The summed E-state index contributed by atoms with van der Waals surface area (Å²) in [6, 6.07) is 4.95. The molecule has 0 unspecified atom stereocenters. The van der Waals surface area contributed by atoms with Gasteiger partial charge in [-0.15, -0.1) is 0 Å². The molecule has 0 bridgehead atoms. The number of esters is 1. The predicted molar refractivity (Wildman–Crippen MR) is 86.0 cm³/mol. The van der Waals surface area contributed by atoms with Gasteiger partial charge in [0.05, 0.1) is 18.5 Å². The quantitative estimate of drug-likeness (QED) is 0.363. The fraction of sp³-hybridized carbons (Fsp3) is 0.462. The molecular weight excluding hydrogens is 395 g/mol. The largest absolute Gasteiger partial charge is 0.508 e. The third-order valence-electron chi connectivity index (χ3n) is 2.76. The first-order valence-corrected chi connectivity index (χ1v) is 7.66. The van der Waals surface area contributed by atoms with Crippen LogP contribution >= 0.6 is 35.2 Å². The molecule has 0 aromatic heterocycles. The second-order valence-electron chi connectivity index (χ2n) is 4.09. The molecule has 112 valence electrons. The van der Waals surface area contributed by atoms with Gasteiger partial charge in [0.1, 0.15) is 11.9 Å². The van der Waals surface area contributed by atoms with E-state index >= 15 is 0 Å². The Bertz CT molecular complexity index is 454. The van der Waals surface area contributed by atoms with Crippen LogP contribution in [0.2, 0.25) is 0 Å². The summed E-state index contributed by atoms with van der Waals surface area (Å²) in [6.07, 6.45) is -1.25. The maximum absolute atomic E-state index is 11.0. The second kappa shape index (κ2) is 8.71. The number of benzene rings is 1. The lowest BCUT2D eigenvalue weighted by Crippen LogP contribution is -2.24. The van der Waals surface area contributed by atoms with Crippen LogP contribution < -0.4 is 0 Å². The molecule has 0 aliphatic heterocycles. The van der Waals surface area contributed by atoms with Crippen LogP contribution in [0.3, 0.4) is 0 Å². The highest BCUT2D eigenvalue weighted by Gasteiger charge is 2.23. The van der Waals surface area contributed by atoms with E-state index in [4.69, 9.17) is 9.47 Å². The number of ether oxygens (including phenoxy) is 2. The molecule has 0 amide bonds. The summed E-state index contributed by atoms with van der Waals surface area (Å²) in [6.45, 7) is 0.125. The van der Waals surface area contributed by atoms with Gasteiger partial charge in [-0.2, -0.15) is 12.6 Å². The molecule has 2 atom stereocenters. The molecule has 1 aromatic rings. The van der Waals surface area contributed by atoms with Crippen LogP contribution in [0, 0.1) is 3.57 Å². The standard InChI is InChI=1S/C13H17IO5S/c1-18-11(4-5-19-12(16)7-20)13(17)9-6-8(14)2-3-10(9)15/h2-3,6,11,13,15,17,20H,4-5,7H2,1H3/t11-,13-/m0/s1. The van der Waals surface area contributed by atoms with Crippen LogP contribution in [0.4, 0.5) is 0 Å². The van der Waals surface area contributed by atoms with E-state index in [1.807, 2.05) is 0 Å². The highest BCUT2D eigenvalue weighted by Crippen LogP contribution is 2.30. The van der Waals surface area contributed by atoms with Crippen LogP contribution in [-0.4, -0.2) is 41.8 Å². The van der Waals surface area contributed by atoms with Crippen molar-refractivity contribution in [1.29, 1.82) is 0 Å². The first kappa shape index (κ1) is 17.5. The monoisotopic (exact) mass is 412 g/mol. The smallest absolute Gasteiger partial charge is 0.315 e. The van der Waals surface area contributed by atoms with Crippen molar-refractivity contribution in [2.45, 2.75) is 18.6 Å². The maximum atomic E-state index is 11.0. The average Bonchev–Trinajstić information content (AvgIpc) is 2.45. The average molecular weight is 412 g/mol. The molecule has 0 aliphatic carbocycles. The molecule has 20 heavy (non-hydrogen) atoms. The lowest BCUT2D eigenvalue weighted by molar-refractivity contribution is -0.141. The van der Waals surface area contributed by atoms with Crippen LogP contribution in [-0.2, 0) is 14.3 Å². The first-order valence-electron chi connectivity index (χ1n) is 5.95. The normalized spacial score (nSPS) is 13.8. The molecule has 0 heterocycles. The minimum absolute atomic E-state index is 0.00678. The Morgan fingerprint density at radius 3 is 2.80 bits per heavy atom. The predicted octanol–water partition coefficient (Wildman–Crippen LogP) is 1.91. The number of phenolic OH excluding ortho intramolecular Hbond substituents is 1. The SMILES string of the molecule is CO[C@@H](CCOC(=O)CS)[C@@H](O)c1cc(I)ccc1O. The van der Waals surface area contributed by atoms with Crippen molar-refractivity contribution >= 4 is 41.2 Å². The highest BCUT2D eigenvalue weighted by molar-refractivity contribution is 14.1. The number of rotatable bonds is 7. The molecular formula is C13H17IO5S. The van der Waals surface area contributed by atoms with Crippen molar-refractivity contribution < 1.29 is 24.5 Å². The zero-order valence-electron chi connectivity index (χ0n) is 11.0. The maximum Gasteiger partial charge on any atom is 0.315 e. The number of phenols is 1. The van der Waals surface area contributed by atoms with Crippen molar-refractivity contribution in [3.8, 4) is 5.75 Å². The van der Waals surface area contributed by atoms with Gasteiger partial charge in [0.15, 0.2) is 0 Å². The highest BCUT2D eigenvalue weighted by atomic mass is 127. The van der Waals surface area contributed by atoms with Gasteiger partial charge in [-0.05, 0) is 40.8 Å². The van der Waals surface area contributed by atoms with E-state index in [1.54, 1.807) is 12.1 Å². The number of hydrogen-bond acceptors (Lipinski definition) is 6. The molecule has 2 N–H and O–H groups in total. The van der Waals surface area contributed by atoms with Gasteiger partial charge < -0.3 is 19.7 Å². The third kappa shape index (κ3) is 5.12. The van der Waals surface area contributed by atoms with E-state index in [0.29, 0.717) is 12.0 Å². The van der Waals surface area contributed by atoms with Gasteiger partial charge in [0, 0.05) is 22.7 Å². The number of thiol groups is 1. The molecule has 7 heteroatoms. The van der Waals surface area contributed by atoms with E-state index in [1.165, 1.54) is 13.2 Å². The lowest BCUT2D eigenvalue weighted by Gasteiger charge is -2.22. The number of aromatic hydroxyl groups is 1. The topological polar surface area (TPSA) is 76.0 Å². The van der Waals surface area contributed by atoms with Crippen LogP contribution in [0.25, 0.3) is 0 Å². The van der Waals surface area contributed by atoms with E-state index in [9.17, 15) is 15.0 Å². The Kier molecular flexibility index (Phi) is 7.63. The van der Waals surface area contributed by atoms with Gasteiger partial charge in [-0.1, -0.05) is 0 Å². The van der Waals surface area contributed by atoms with Crippen molar-refractivity contribution in [1.82, 2.24) is 0 Å². The Labute approximate surface area is 136 Å². The Hall–Kier alpha value is -0.510. The number of carbonyl (C=O) groups is 1. The van der Waals surface area contributed by atoms with Gasteiger partial charge in [0.25, 0.3) is 0 Å². The van der Waals surface area contributed by atoms with Crippen LogP contribution in [0.15, 0.2) is 18.2 Å². The summed E-state index contributed by atoms with van der Waals surface area (Å²) in [4.78, 5) is 11.0. The van der Waals surface area contributed by atoms with Gasteiger partial charge in [-0.3, -0.25) is 4.79 Å². The number of hydrogen-bond donors (Lipinski definition) is 3. The summed E-state index contributed by atoms with van der Waals surface area (Å²) in [5, 5.41) is 20.1. The summed E-state index contributed by atoms with van der Waals surface area (Å²) < 4.78 is 11.0. The number of aliphatic hydroxyl groups is 1. The molecule has 5 nitrogen and oxygen atoms in total. The van der Waals surface area contributed by atoms with Gasteiger partial charge in [-0.25, -0.2) is 0 Å². The summed E-state index contributed by atoms with van der Waals surface area (Å²) in [5.74, 6) is -0.403. The zero-order chi connectivity index (χ0) is 15.1. The van der Waals surface area contributed by atoms with E-state index < -0.39 is 18.2 Å². The van der Waals surface area contributed by atoms with Crippen molar-refractivity contribution in [2.75, 3.05) is 19.5 Å². The molecule has 0 aliphatic rings. The fourth-order valence-electron chi connectivity index (χ4n) is 1.70. The number of halogens is 1. The molecule has 1 rings (SSSR count). The minimum atomic E-state index is -0.996. The third-order valence-corrected chi connectivity index (χ3v) is 3.69. The van der Waals surface area contributed by atoms with E-state index in [-0.39, 0.29) is 18.1 Å². The van der Waals surface area contributed by atoms with Crippen LogP contribution in [0.5, 0.6) is 5.75 Å². The summed E-state index contributed by atoms with van der Waals surface area (Å²) >= 11 is 5.89. The molecule has 0 fully saturated rings. The van der Waals surface area contributed by atoms with Gasteiger partial charge in [0.2, 0.25) is 0 Å². The van der Waals surface area contributed by atoms with Crippen molar-refractivity contribution in [3.63, 3.8) is 0 Å². The van der Waals surface area contributed by atoms with E-state index in [0.717, 1.165) is 3.57 Å². The van der Waals surface area contributed by atoms with Crippen molar-refractivity contribution in [2.24, 2.45) is 0 Å².